The van der Waals surface area contributed by atoms with Crippen molar-refractivity contribution in [3.05, 3.63) is 96.7 Å². The Kier molecular flexibility index (Phi) is 4.86. The maximum absolute atomic E-state index is 4.86. The lowest BCUT2D eigenvalue weighted by atomic mass is 10.1. The Morgan fingerprint density at radius 3 is 2.20 bits per heavy atom. The molecule has 0 atom stereocenters. The molecule has 1 heterocycles. The minimum Gasteiger partial charge on any atom is -0.358 e. The van der Waals surface area contributed by atoms with Crippen LogP contribution in [0.3, 0.4) is 0 Å². The van der Waals surface area contributed by atoms with E-state index in [2.05, 4.69) is 103 Å². The van der Waals surface area contributed by atoms with Gasteiger partial charge in [-0.15, -0.1) is 0 Å². The van der Waals surface area contributed by atoms with Crippen molar-refractivity contribution >= 4 is 44.5 Å². The number of fused-ring (bicyclic) bond motifs is 2. The predicted molar refractivity (Wildman–Crippen MR) is 129 cm³/mol. The standard InChI is InChI=1S/C27H23N3/c1-2-23-17-26(28-24-13-11-19-7-3-5-9-21(19)15-24)18-27(29-23)30-25-14-12-20-8-4-6-10-22(20)16-25/h3-17,28H,2,18H2,1H3. The number of amidine groups is 1. The molecule has 0 saturated carbocycles. The van der Waals surface area contributed by atoms with Crippen molar-refractivity contribution in [2.24, 2.45) is 9.98 Å². The van der Waals surface area contributed by atoms with Crippen LogP contribution in [-0.2, 0) is 0 Å². The molecule has 0 amide bonds. The SMILES string of the molecule is CCC1=NC(=Nc2ccc3ccccc3c2)CC(Nc2ccc3ccccc3c2)=C1. The van der Waals surface area contributed by atoms with E-state index in [1.165, 1.54) is 21.5 Å². The molecule has 1 aliphatic heterocycles. The van der Waals surface area contributed by atoms with Crippen LogP contribution in [0.25, 0.3) is 21.5 Å². The Balaban J connectivity index is 1.43. The average molecular weight is 390 g/mol. The lowest BCUT2D eigenvalue weighted by Crippen LogP contribution is -2.14. The third kappa shape index (κ3) is 3.87. The molecule has 0 radical (unpaired) electrons. The van der Waals surface area contributed by atoms with Crippen molar-refractivity contribution < 1.29 is 0 Å². The van der Waals surface area contributed by atoms with Crippen LogP contribution in [0.1, 0.15) is 19.8 Å². The Hall–Kier alpha value is -3.72. The predicted octanol–water partition coefficient (Wildman–Crippen LogP) is 7.27. The minimum atomic E-state index is 0.684. The van der Waals surface area contributed by atoms with E-state index in [1.54, 1.807) is 0 Å². The highest BCUT2D eigenvalue weighted by atomic mass is 15.0. The molecule has 0 unspecified atom stereocenters. The Morgan fingerprint density at radius 2 is 1.47 bits per heavy atom. The van der Waals surface area contributed by atoms with E-state index in [-0.39, 0.29) is 0 Å². The van der Waals surface area contributed by atoms with Crippen LogP contribution in [0, 0.1) is 0 Å². The van der Waals surface area contributed by atoms with E-state index in [0.717, 1.165) is 35.0 Å². The summed E-state index contributed by atoms with van der Waals surface area (Å²) in [5.74, 6) is 0.841. The molecule has 146 valence electrons. The van der Waals surface area contributed by atoms with E-state index in [9.17, 15) is 0 Å². The Morgan fingerprint density at radius 1 is 0.800 bits per heavy atom. The van der Waals surface area contributed by atoms with Gasteiger partial charge >= 0.3 is 0 Å². The van der Waals surface area contributed by atoms with Crippen molar-refractivity contribution in [2.45, 2.75) is 19.8 Å². The van der Waals surface area contributed by atoms with E-state index in [4.69, 9.17) is 9.98 Å². The van der Waals surface area contributed by atoms with Gasteiger partial charge in [-0.05, 0) is 58.3 Å². The second-order valence-electron chi connectivity index (χ2n) is 7.55. The summed E-state index contributed by atoms with van der Waals surface area (Å²) >= 11 is 0. The molecule has 30 heavy (non-hydrogen) atoms. The van der Waals surface area contributed by atoms with Gasteiger partial charge in [0.05, 0.1) is 5.69 Å². The molecular weight excluding hydrogens is 366 g/mol. The van der Waals surface area contributed by atoms with Crippen LogP contribution < -0.4 is 5.32 Å². The third-order valence-electron chi connectivity index (χ3n) is 5.37. The number of nitrogens with one attached hydrogen (secondary N) is 1. The molecule has 3 nitrogen and oxygen atoms in total. The number of nitrogens with zero attached hydrogens (tertiary/aromatic N) is 2. The Bertz CT molecular complexity index is 1330. The fraction of sp³-hybridized carbons (Fsp3) is 0.111. The second-order valence-corrected chi connectivity index (χ2v) is 7.55. The maximum atomic E-state index is 4.86. The average Bonchev–Trinajstić information content (AvgIpc) is 2.79. The molecule has 0 bridgehead atoms. The highest BCUT2D eigenvalue weighted by molar-refractivity contribution is 6.08. The molecular formula is C27H23N3. The Labute approximate surface area is 176 Å². The molecule has 3 heteroatoms. The summed E-state index contributed by atoms with van der Waals surface area (Å²) in [4.78, 5) is 9.62. The first-order chi connectivity index (χ1) is 14.8. The van der Waals surface area contributed by atoms with Crippen LogP contribution in [0.5, 0.6) is 0 Å². The molecule has 5 rings (SSSR count). The van der Waals surface area contributed by atoms with Gasteiger partial charge in [0.1, 0.15) is 5.84 Å². The molecule has 0 saturated heterocycles. The van der Waals surface area contributed by atoms with Crippen LogP contribution >= 0.6 is 0 Å². The number of hydrogen-bond acceptors (Lipinski definition) is 2. The number of aliphatic imine (C=N–C) groups is 2. The van der Waals surface area contributed by atoms with Crippen molar-refractivity contribution in [1.29, 1.82) is 0 Å². The van der Waals surface area contributed by atoms with E-state index < -0.39 is 0 Å². The van der Waals surface area contributed by atoms with Gasteiger partial charge in [-0.1, -0.05) is 67.6 Å². The summed E-state index contributed by atoms with van der Waals surface area (Å²) in [5, 5.41) is 8.48. The van der Waals surface area contributed by atoms with Gasteiger partial charge in [-0.25, -0.2) is 9.98 Å². The van der Waals surface area contributed by atoms with Gasteiger partial charge in [-0.3, -0.25) is 0 Å². The molecule has 0 spiro atoms. The molecule has 1 aliphatic rings. The number of benzene rings is 4. The summed E-state index contributed by atoms with van der Waals surface area (Å²) in [5.41, 5.74) is 4.19. The summed E-state index contributed by atoms with van der Waals surface area (Å²) < 4.78 is 0. The highest BCUT2D eigenvalue weighted by Crippen LogP contribution is 2.25. The number of hydrogen-bond donors (Lipinski definition) is 1. The molecule has 0 aliphatic carbocycles. The smallest absolute Gasteiger partial charge is 0.135 e. The van der Waals surface area contributed by atoms with Crippen LogP contribution in [-0.4, -0.2) is 11.5 Å². The van der Waals surface area contributed by atoms with E-state index in [1.807, 2.05) is 0 Å². The maximum Gasteiger partial charge on any atom is 0.135 e. The van der Waals surface area contributed by atoms with E-state index in [0.29, 0.717) is 6.42 Å². The van der Waals surface area contributed by atoms with Gasteiger partial charge < -0.3 is 5.32 Å². The van der Waals surface area contributed by atoms with Gasteiger partial charge in [0.15, 0.2) is 0 Å². The molecule has 1 N–H and O–H groups in total. The van der Waals surface area contributed by atoms with Crippen LogP contribution in [0.15, 0.2) is 107 Å². The molecule has 0 fully saturated rings. The zero-order chi connectivity index (χ0) is 20.3. The van der Waals surface area contributed by atoms with Crippen molar-refractivity contribution in [3.63, 3.8) is 0 Å². The highest BCUT2D eigenvalue weighted by Gasteiger charge is 2.12. The summed E-state index contributed by atoms with van der Waals surface area (Å²) in [7, 11) is 0. The minimum absolute atomic E-state index is 0.684. The topological polar surface area (TPSA) is 36.8 Å². The van der Waals surface area contributed by atoms with Crippen LogP contribution in [0.2, 0.25) is 0 Å². The third-order valence-corrected chi connectivity index (χ3v) is 5.37. The fourth-order valence-corrected chi connectivity index (χ4v) is 3.83. The lowest BCUT2D eigenvalue weighted by molar-refractivity contribution is 1.18. The molecule has 4 aromatic carbocycles. The van der Waals surface area contributed by atoms with Crippen LogP contribution in [0.4, 0.5) is 11.4 Å². The first kappa shape index (κ1) is 18.3. The van der Waals surface area contributed by atoms with Gasteiger partial charge in [-0.2, -0.15) is 0 Å². The molecule has 0 aromatic heterocycles. The molecule has 4 aromatic rings. The number of allylic oxidation sites excluding steroid dienone is 1. The summed E-state index contributed by atoms with van der Waals surface area (Å²) in [6.07, 6.45) is 3.71. The second kappa shape index (κ2) is 7.96. The van der Waals surface area contributed by atoms with E-state index >= 15 is 0 Å². The number of dihydropyridines is 1. The monoisotopic (exact) mass is 389 g/mol. The lowest BCUT2D eigenvalue weighted by Gasteiger charge is -2.17. The van der Waals surface area contributed by atoms with Crippen molar-refractivity contribution in [1.82, 2.24) is 0 Å². The zero-order valence-corrected chi connectivity index (χ0v) is 17.0. The van der Waals surface area contributed by atoms with Crippen molar-refractivity contribution in [3.8, 4) is 0 Å². The first-order valence-corrected chi connectivity index (χ1v) is 10.4. The normalized spacial score (nSPS) is 15.3. The van der Waals surface area contributed by atoms with Gasteiger partial charge in [0.25, 0.3) is 0 Å². The summed E-state index contributed by atoms with van der Waals surface area (Å²) in [6.45, 7) is 2.13. The number of rotatable bonds is 4. The van der Waals surface area contributed by atoms with Gasteiger partial charge in [0.2, 0.25) is 0 Å². The quantitative estimate of drug-likeness (QED) is 0.391. The first-order valence-electron chi connectivity index (χ1n) is 10.4. The summed E-state index contributed by atoms with van der Waals surface area (Å²) in [6, 6.07) is 29.5. The fourth-order valence-electron chi connectivity index (χ4n) is 3.83. The zero-order valence-electron chi connectivity index (χ0n) is 17.0. The van der Waals surface area contributed by atoms with Crippen molar-refractivity contribution in [2.75, 3.05) is 5.32 Å². The van der Waals surface area contributed by atoms with Gasteiger partial charge in [0, 0.05) is 23.5 Å². The largest absolute Gasteiger partial charge is 0.358 e. The number of anilines is 1.